The van der Waals surface area contributed by atoms with E-state index in [0.29, 0.717) is 6.42 Å². The van der Waals surface area contributed by atoms with E-state index in [4.69, 9.17) is 0 Å². The molecule has 2 aromatic heterocycles. The molecule has 25 heavy (non-hydrogen) atoms. The number of para-hydroxylation sites is 1. The highest BCUT2D eigenvalue weighted by molar-refractivity contribution is 5.95. The molecule has 1 amide bonds. The quantitative estimate of drug-likeness (QED) is 0.795. The largest absolute Gasteiger partial charge is 0.357 e. The first-order valence-corrected chi connectivity index (χ1v) is 8.63. The molecular formula is C20H20N4O. The van der Waals surface area contributed by atoms with Crippen molar-refractivity contribution in [2.75, 3.05) is 23.3 Å². The van der Waals surface area contributed by atoms with Crippen LogP contribution >= 0.6 is 0 Å². The molecule has 1 fully saturated rings. The van der Waals surface area contributed by atoms with Crippen molar-refractivity contribution in [3.05, 3.63) is 60.4 Å². The van der Waals surface area contributed by atoms with Crippen LogP contribution in [0, 0.1) is 0 Å². The summed E-state index contributed by atoms with van der Waals surface area (Å²) in [5.41, 5.74) is 2.53. The molecule has 1 saturated heterocycles. The molecule has 3 heterocycles. The molecule has 0 radical (unpaired) electrons. The van der Waals surface area contributed by atoms with Crippen LogP contribution in [-0.2, 0) is 11.2 Å². The molecule has 1 aliphatic heterocycles. The van der Waals surface area contributed by atoms with Crippen LogP contribution in [0.1, 0.15) is 18.4 Å². The summed E-state index contributed by atoms with van der Waals surface area (Å²) < 4.78 is 0. The highest BCUT2D eigenvalue weighted by Crippen LogP contribution is 2.20. The summed E-state index contributed by atoms with van der Waals surface area (Å²) in [4.78, 5) is 23.5. The van der Waals surface area contributed by atoms with Gasteiger partial charge in [0, 0.05) is 24.7 Å². The van der Waals surface area contributed by atoms with Gasteiger partial charge in [-0.25, -0.2) is 4.98 Å². The summed E-state index contributed by atoms with van der Waals surface area (Å²) in [6.45, 7) is 2.12. The van der Waals surface area contributed by atoms with Gasteiger partial charge in [0.15, 0.2) is 0 Å². The minimum atomic E-state index is -0.0612. The third-order valence-electron chi connectivity index (χ3n) is 4.53. The van der Waals surface area contributed by atoms with Crippen molar-refractivity contribution in [3.8, 4) is 0 Å². The van der Waals surface area contributed by atoms with Crippen molar-refractivity contribution in [1.29, 1.82) is 0 Å². The maximum atomic E-state index is 12.4. The van der Waals surface area contributed by atoms with E-state index in [-0.39, 0.29) is 5.91 Å². The van der Waals surface area contributed by atoms with Crippen LogP contribution in [-0.4, -0.2) is 29.0 Å². The van der Waals surface area contributed by atoms with Crippen LogP contribution in [0.25, 0.3) is 10.9 Å². The number of carbonyl (C=O) groups excluding carboxylic acids is 1. The van der Waals surface area contributed by atoms with E-state index in [1.54, 1.807) is 12.4 Å². The molecule has 0 saturated carbocycles. The lowest BCUT2D eigenvalue weighted by atomic mass is 10.1. The second kappa shape index (κ2) is 6.89. The summed E-state index contributed by atoms with van der Waals surface area (Å²) in [6.07, 6.45) is 6.22. The summed E-state index contributed by atoms with van der Waals surface area (Å²) >= 11 is 0. The van der Waals surface area contributed by atoms with Crippen LogP contribution in [0.4, 0.5) is 11.5 Å². The Kier molecular flexibility index (Phi) is 4.29. The summed E-state index contributed by atoms with van der Waals surface area (Å²) in [5.74, 6) is 0.919. The predicted octanol–water partition coefficient (Wildman–Crippen LogP) is 3.41. The first-order valence-electron chi connectivity index (χ1n) is 8.63. The topological polar surface area (TPSA) is 58.1 Å². The van der Waals surface area contributed by atoms with E-state index in [9.17, 15) is 4.79 Å². The molecule has 0 atom stereocenters. The average Bonchev–Trinajstić information content (AvgIpc) is 3.17. The molecule has 1 aromatic carbocycles. The minimum Gasteiger partial charge on any atom is -0.357 e. The lowest BCUT2D eigenvalue weighted by molar-refractivity contribution is -0.115. The predicted molar refractivity (Wildman–Crippen MR) is 99.8 cm³/mol. The van der Waals surface area contributed by atoms with Crippen molar-refractivity contribution in [1.82, 2.24) is 9.97 Å². The fourth-order valence-electron chi connectivity index (χ4n) is 3.28. The Balaban J connectivity index is 1.44. The zero-order valence-electron chi connectivity index (χ0n) is 14.0. The number of rotatable bonds is 4. The van der Waals surface area contributed by atoms with E-state index < -0.39 is 0 Å². The molecule has 0 bridgehead atoms. The van der Waals surface area contributed by atoms with E-state index in [2.05, 4.69) is 20.2 Å². The van der Waals surface area contributed by atoms with Gasteiger partial charge in [-0.05, 0) is 36.6 Å². The third-order valence-corrected chi connectivity index (χ3v) is 4.53. The lowest BCUT2D eigenvalue weighted by Gasteiger charge is -2.16. The second-order valence-electron chi connectivity index (χ2n) is 6.32. The van der Waals surface area contributed by atoms with E-state index in [0.717, 1.165) is 41.1 Å². The van der Waals surface area contributed by atoms with Gasteiger partial charge in [0.2, 0.25) is 5.91 Å². The molecule has 126 valence electrons. The summed E-state index contributed by atoms with van der Waals surface area (Å²) in [5, 5.41) is 3.97. The molecular weight excluding hydrogens is 312 g/mol. The van der Waals surface area contributed by atoms with Gasteiger partial charge in [0.25, 0.3) is 0 Å². The molecule has 1 N–H and O–H groups in total. The summed E-state index contributed by atoms with van der Waals surface area (Å²) in [7, 11) is 0. The number of nitrogens with zero attached hydrogens (tertiary/aromatic N) is 3. The Morgan fingerprint density at radius 2 is 1.88 bits per heavy atom. The van der Waals surface area contributed by atoms with Gasteiger partial charge in [-0.3, -0.25) is 9.78 Å². The fourth-order valence-corrected chi connectivity index (χ4v) is 3.28. The van der Waals surface area contributed by atoms with Crippen LogP contribution in [0.15, 0.2) is 54.9 Å². The molecule has 0 aliphatic carbocycles. The maximum Gasteiger partial charge on any atom is 0.228 e. The zero-order chi connectivity index (χ0) is 17.1. The number of hydrogen-bond donors (Lipinski definition) is 1. The van der Waals surface area contributed by atoms with E-state index >= 15 is 0 Å². The number of anilines is 2. The van der Waals surface area contributed by atoms with Crippen LogP contribution < -0.4 is 10.2 Å². The Morgan fingerprint density at radius 1 is 1.04 bits per heavy atom. The first kappa shape index (κ1) is 15.6. The number of benzene rings is 1. The van der Waals surface area contributed by atoms with Gasteiger partial charge in [-0.15, -0.1) is 0 Å². The standard InChI is InChI=1S/C20H20N4O/c25-19(13-16-6-3-5-15-7-4-10-21-20(15)16)23-17-8-9-18(22-14-17)24-11-1-2-12-24/h3-10,14H,1-2,11-13H2,(H,23,25). The first-order chi connectivity index (χ1) is 12.3. The summed E-state index contributed by atoms with van der Waals surface area (Å²) in [6, 6.07) is 13.7. The number of aromatic nitrogens is 2. The normalized spacial score (nSPS) is 14.0. The van der Waals surface area contributed by atoms with Crippen LogP contribution in [0.2, 0.25) is 0 Å². The van der Waals surface area contributed by atoms with Gasteiger partial charge < -0.3 is 10.2 Å². The van der Waals surface area contributed by atoms with E-state index in [1.165, 1.54) is 12.8 Å². The molecule has 5 nitrogen and oxygen atoms in total. The Morgan fingerprint density at radius 3 is 2.68 bits per heavy atom. The fraction of sp³-hybridized carbons (Fsp3) is 0.250. The number of nitrogens with one attached hydrogen (secondary N) is 1. The monoisotopic (exact) mass is 332 g/mol. The number of amides is 1. The Labute approximate surface area is 146 Å². The number of hydrogen-bond acceptors (Lipinski definition) is 4. The highest BCUT2D eigenvalue weighted by Gasteiger charge is 2.13. The number of carbonyl (C=O) groups is 1. The van der Waals surface area contributed by atoms with Crippen LogP contribution in [0.5, 0.6) is 0 Å². The van der Waals surface area contributed by atoms with Gasteiger partial charge in [-0.2, -0.15) is 0 Å². The van der Waals surface area contributed by atoms with Gasteiger partial charge in [0.1, 0.15) is 5.82 Å². The van der Waals surface area contributed by atoms with Gasteiger partial charge in [0.05, 0.1) is 23.8 Å². The lowest BCUT2D eigenvalue weighted by Crippen LogP contribution is -2.19. The Hall–Kier alpha value is -2.95. The zero-order valence-corrected chi connectivity index (χ0v) is 14.0. The van der Waals surface area contributed by atoms with E-state index in [1.807, 2.05) is 42.5 Å². The van der Waals surface area contributed by atoms with Crippen molar-refractivity contribution in [2.45, 2.75) is 19.3 Å². The highest BCUT2D eigenvalue weighted by atomic mass is 16.1. The smallest absolute Gasteiger partial charge is 0.228 e. The van der Waals surface area contributed by atoms with Gasteiger partial charge in [-0.1, -0.05) is 24.3 Å². The SMILES string of the molecule is O=C(Cc1cccc2cccnc12)Nc1ccc(N2CCCC2)nc1. The molecule has 4 rings (SSSR count). The third kappa shape index (κ3) is 3.45. The van der Waals surface area contributed by atoms with Gasteiger partial charge >= 0.3 is 0 Å². The molecule has 1 aliphatic rings. The van der Waals surface area contributed by atoms with Crippen LogP contribution in [0.3, 0.4) is 0 Å². The molecule has 0 unspecified atom stereocenters. The average molecular weight is 332 g/mol. The van der Waals surface area contributed by atoms with Crippen molar-refractivity contribution in [3.63, 3.8) is 0 Å². The second-order valence-corrected chi connectivity index (χ2v) is 6.32. The maximum absolute atomic E-state index is 12.4. The molecule has 0 spiro atoms. The molecule has 5 heteroatoms. The number of pyridine rings is 2. The van der Waals surface area contributed by atoms with Crippen molar-refractivity contribution < 1.29 is 4.79 Å². The molecule has 3 aromatic rings. The Bertz CT molecular complexity index is 880. The number of fused-ring (bicyclic) bond motifs is 1. The van der Waals surface area contributed by atoms with Crippen molar-refractivity contribution >= 4 is 28.3 Å². The minimum absolute atomic E-state index is 0.0612. The van der Waals surface area contributed by atoms with Crippen molar-refractivity contribution in [2.24, 2.45) is 0 Å².